The molecule has 4 heteroatoms. The number of nitro groups is 1. The van der Waals surface area contributed by atoms with Gasteiger partial charge in [-0.2, -0.15) is 0 Å². The predicted molar refractivity (Wildman–Crippen MR) is 44.5 cm³/mol. The van der Waals surface area contributed by atoms with E-state index < -0.39 is 0 Å². The van der Waals surface area contributed by atoms with E-state index in [1.54, 1.807) is 6.20 Å². The van der Waals surface area contributed by atoms with Crippen molar-refractivity contribution in [1.29, 1.82) is 0 Å². The van der Waals surface area contributed by atoms with Gasteiger partial charge in [0, 0.05) is 23.2 Å². The summed E-state index contributed by atoms with van der Waals surface area (Å²) >= 11 is 0. The lowest BCUT2D eigenvalue weighted by Gasteiger charge is -1.96. The quantitative estimate of drug-likeness (QED) is 0.501. The number of aryl methyl sites for hydroxylation is 1. The molecule has 0 aliphatic rings. The second-order valence-corrected chi connectivity index (χ2v) is 2.61. The maximum Gasteiger partial charge on any atom is 0.207 e. The molecule has 64 valence electrons. The summed E-state index contributed by atoms with van der Waals surface area (Å²) in [6.45, 7) is 1.86. The summed E-state index contributed by atoms with van der Waals surface area (Å²) in [5.74, 6) is 0. The summed E-state index contributed by atoms with van der Waals surface area (Å²) < 4.78 is 0. The summed E-state index contributed by atoms with van der Waals surface area (Å²) in [6, 6.07) is 3.72. The van der Waals surface area contributed by atoms with Crippen molar-refractivity contribution < 1.29 is 4.92 Å². The monoisotopic (exact) mass is 166 g/mol. The lowest BCUT2D eigenvalue weighted by molar-refractivity contribution is -0.479. The van der Waals surface area contributed by atoms with Crippen LogP contribution >= 0.6 is 0 Å². The van der Waals surface area contributed by atoms with Gasteiger partial charge in [0.15, 0.2) is 0 Å². The van der Waals surface area contributed by atoms with Crippen molar-refractivity contribution in [3.8, 4) is 0 Å². The van der Waals surface area contributed by atoms with Gasteiger partial charge in [-0.25, -0.2) is 0 Å². The standard InChI is InChI=1S/C8H10N2O2/c1-7-2-3-8(6-9-7)4-5-10(11)12/h2-3,6H,4-5H2,1H3. The maximum atomic E-state index is 10.0. The third kappa shape index (κ3) is 2.65. The molecular weight excluding hydrogens is 156 g/mol. The molecule has 0 aromatic carbocycles. The second-order valence-electron chi connectivity index (χ2n) is 2.61. The van der Waals surface area contributed by atoms with Crippen molar-refractivity contribution >= 4 is 0 Å². The molecule has 0 aliphatic carbocycles. The van der Waals surface area contributed by atoms with Gasteiger partial charge in [-0.1, -0.05) is 6.07 Å². The predicted octanol–water partition coefficient (Wildman–Crippen LogP) is 1.21. The van der Waals surface area contributed by atoms with Gasteiger partial charge in [-0.3, -0.25) is 15.1 Å². The molecule has 0 N–H and O–H groups in total. The van der Waals surface area contributed by atoms with E-state index in [0.717, 1.165) is 11.3 Å². The molecule has 0 aliphatic heterocycles. The molecule has 1 heterocycles. The Bertz CT molecular complexity index is 269. The molecular formula is C8H10N2O2. The molecule has 1 rings (SSSR count). The minimum Gasteiger partial charge on any atom is -0.265 e. The summed E-state index contributed by atoms with van der Waals surface area (Å²) in [7, 11) is 0. The minimum absolute atomic E-state index is 0.0231. The lowest BCUT2D eigenvalue weighted by atomic mass is 10.2. The molecule has 0 amide bonds. The van der Waals surface area contributed by atoms with Gasteiger partial charge in [0.1, 0.15) is 0 Å². The van der Waals surface area contributed by atoms with Crippen LogP contribution < -0.4 is 0 Å². The largest absolute Gasteiger partial charge is 0.265 e. The molecule has 1 aromatic rings. The fourth-order valence-corrected chi connectivity index (χ4v) is 0.867. The van der Waals surface area contributed by atoms with Crippen molar-refractivity contribution in [1.82, 2.24) is 4.98 Å². The first-order valence-corrected chi connectivity index (χ1v) is 3.72. The van der Waals surface area contributed by atoms with E-state index in [1.165, 1.54) is 0 Å². The molecule has 0 spiro atoms. The molecule has 0 radical (unpaired) electrons. The topological polar surface area (TPSA) is 56.0 Å². The van der Waals surface area contributed by atoms with Crippen LogP contribution in [0.2, 0.25) is 0 Å². The molecule has 4 nitrogen and oxygen atoms in total. The van der Waals surface area contributed by atoms with E-state index in [-0.39, 0.29) is 11.5 Å². The van der Waals surface area contributed by atoms with Crippen LogP contribution in [0.15, 0.2) is 18.3 Å². The second kappa shape index (κ2) is 3.80. The van der Waals surface area contributed by atoms with Crippen molar-refractivity contribution in [2.24, 2.45) is 0 Å². The SMILES string of the molecule is Cc1ccc(CC[N+](=O)[O-])cn1. The van der Waals surface area contributed by atoms with E-state index in [2.05, 4.69) is 4.98 Å². The van der Waals surface area contributed by atoms with Gasteiger partial charge in [0.25, 0.3) is 0 Å². The number of aromatic nitrogens is 1. The normalized spacial score (nSPS) is 9.75. The highest BCUT2D eigenvalue weighted by Gasteiger charge is 1.98. The number of hydrogen-bond acceptors (Lipinski definition) is 3. The molecule has 0 unspecified atom stereocenters. The molecule has 0 saturated carbocycles. The van der Waals surface area contributed by atoms with Gasteiger partial charge >= 0.3 is 0 Å². The Hall–Kier alpha value is -1.45. The van der Waals surface area contributed by atoms with Crippen molar-refractivity contribution in [3.63, 3.8) is 0 Å². The summed E-state index contributed by atoms with van der Waals surface area (Å²) in [6.07, 6.45) is 2.14. The van der Waals surface area contributed by atoms with Gasteiger partial charge in [0.05, 0.1) is 0 Å². The van der Waals surface area contributed by atoms with E-state index in [9.17, 15) is 10.1 Å². The summed E-state index contributed by atoms with van der Waals surface area (Å²) in [4.78, 5) is 13.7. The highest BCUT2D eigenvalue weighted by molar-refractivity contribution is 5.12. The van der Waals surface area contributed by atoms with Crippen molar-refractivity contribution in [2.75, 3.05) is 6.54 Å². The zero-order valence-corrected chi connectivity index (χ0v) is 6.86. The molecule has 1 aromatic heterocycles. The highest BCUT2D eigenvalue weighted by Crippen LogP contribution is 1.99. The van der Waals surface area contributed by atoms with Gasteiger partial charge < -0.3 is 0 Å². The van der Waals surface area contributed by atoms with Crippen LogP contribution in [-0.2, 0) is 6.42 Å². The molecule has 0 atom stereocenters. The first-order valence-electron chi connectivity index (χ1n) is 3.72. The van der Waals surface area contributed by atoms with E-state index in [0.29, 0.717) is 6.42 Å². The van der Waals surface area contributed by atoms with Crippen LogP contribution in [0.1, 0.15) is 11.3 Å². The zero-order valence-electron chi connectivity index (χ0n) is 6.86. The summed E-state index contributed by atoms with van der Waals surface area (Å²) in [5, 5.41) is 10.0. The van der Waals surface area contributed by atoms with Crippen molar-refractivity contribution in [3.05, 3.63) is 39.7 Å². The Kier molecular flexibility index (Phi) is 2.74. The van der Waals surface area contributed by atoms with Gasteiger partial charge in [-0.05, 0) is 18.6 Å². The molecule has 12 heavy (non-hydrogen) atoms. The van der Waals surface area contributed by atoms with Crippen LogP contribution in [0.25, 0.3) is 0 Å². The first-order chi connectivity index (χ1) is 5.68. The number of rotatable bonds is 3. The molecule has 0 bridgehead atoms. The van der Waals surface area contributed by atoms with Gasteiger partial charge in [-0.15, -0.1) is 0 Å². The third-order valence-corrected chi connectivity index (χ3v) is 1.56. The maximum absolute atomic E-state index is 10.0. The van der Waals surface area contributed by atoms with Crippen molar-refractivity contribution in [2.45, 2.75) is 13.3 Å². The number of hydrogen-bond donors (Lipinski definition) is 0. The fraction of sp³-hybridized carbons (Fsp3) is 0.375. The molecule has 0 fully saturated rings. The Morgan fingerprint density at radius 1 is 1.58 bits per heavy atom. The lowest BCUT2D eigenvalue weighted by Crippen LogP contribution is -2.04. The van der Waals surface area contributed by atoms with Gasteiger partial charge in [0.2, 0.25) is 6.54 Å². The van der Waals surface area contributed by atoms with E-state index >= 15 is 0 Å². The minimum atomic E-state index is -0.320. The Morgan fingerprint density at radius 3 is 2.83 bits per heavy atom. The zero-order chi connectivity index (χ0) is 8.97. The number of pyridine rings is 1. The smallest absolute Gasteiger partial charge is 0.207 e. The van der Waals surface area contributed by atoms with Crippen LogP contribution in [0, 0.1) is 17.0 Å². The van der Waals surface area contributed by atoms with E-state index in [1.807, 2.05) is 19.1 Å². The average molecular weight is 166 g/mol. The van der Waals surface area contributed by atoms with E-state index in [4.69, 9.17) is 0 Å². The van der Waals surface area contributed by atoms with Crippen LogP contribution in [0.4, 0.5) is 0 Å². The summed E-state index contributed by atoms with van der Waals surface area (Å²) in [5.41, 5.74) is 1.84. The molecule has 0 saturated heterocycles. The highest BCUT2D eigenvalue weighted by atomic mass is 16.6. The number of nitrogens with zero attached hydrogens (tertiary/aromatic N) is 2. The van der Waals surface area contributed by atoms with Crippen LogP contribution in [0.5, 0.6) is 0 Å². The van der Waals surface area contributed by atoms with Crippen LogP contribution in [-0.4, -0.2) is 16.5 Å². The Morgan fingerprint density at radius 2 is 2.33 bits per heavy atom. The first kappa shape index (κ1) is 8.64. The average Bonchev–Trinajstić information content (AvgIpc) is 2.03. The Labute approximate surface area is 70.4 Å². The fourth-order valence-electron chi connectivity index (χ4n) is 0.867. The van der Waals surface area contributed by atoms with Crippen LogP contribution in [0.3, 0.4) is 0 Å². The third-order valence-electron chi connectivity index (χ3n) is 1.56. The Balaban J connectivity index is 2.53.